The maximum Gasteiger partial charge on any atom is 0.236 e. The van der Waals surface area contributed by atoms with E-state index >= 15 is 0 Å². The molecule has 0 aromatic carbocycles. The molecule has 2 saturated heterocycles. The Bertz CT molecular complexity index is 263. The van der Waals surface area contributed by atoms with E-state index < -0.39 is 0 Å². The number of rotatable bonds is 2. The lowest BCUT2D eigenvalue weighted by atomic mass is 10.2. The Morgan fingerprint density at radius 1 is 1.24 bits per heavy atom. The monoisotopic (exact) mass is 240 g/mol. The second kappa shape index (κ2) is 5.80. The van der Waals surface area contributed by atoms with Crippen LogP contribution < -0.4 is 5.32 Å². The molecule has 0 unspecified atom stereocenters. The van der Waals surface area contributed by atoms with E-state index in [1.165, 1.54) is 0 Å². The lowest BCUT2D eigenvalue weighted by Crippen LogP contribution is -2.55. The van der Waals surface area contributed by atoms with E-state index in [1.807, 2.05) is 4.90 Å². The molecule has 0 aliphatic carbocycles. The van der Waals surface area contributed by atoms with Crippen molar-refractivity contribution in [1.82, 2.24) is 20.0 Å². The molecule has 2 fully saturated rings. The summed E-state index contributed by atoms with van der Waals surface area (Å²) in [6, 6.07) is 0.472. The molecule has 5 heteroatoms. The van der Waals surface area contributed by atoms with Crippen molar-refractivity contribution in [3.8, 4) is 0 Å². The van der Waals surface area contributed by atoms with Crippen LogP contribution >= 0.6 is 0 Å². The number of likely N-dealkylation sites (N-methyl/N-ethyl adjacent to an activating group) is 1. The highest BCUT2D eigenvalue weighted by Crippen LogP contribution is 2.05. The smallest absolute Gasteiger partial charge is 0.236 e. The SMILES string of the molecule is C[C@@H]1CNCCN1CC(=O)N1CCN(C)CC1. The Labute approximate surface area is 104 Å². The molecule has 1 amide bonds. The van der Waals surface area contributed by atoms with Crippen molar-refractivity contribution in [2.45, 2.75) is 13.0 Å². The Morgan fingerprint density at radius 2 is 1.94 bits per heavy atom. The van der Waals surface area contributed by atoms with Crippen molar-refractivity contribution in [2.24, 2.45) is 0 Å². The predicted octanol–water partition coefficient (Wildman–Crippen LogP) is -0.946. The molecule has 2 aliphatic rings. The molecule has 0 radical (unpaired) electrons. The van der Waals surface area contributed by atoms with Gasteiger partial charge in [0.15, 0.2) is 0 Å². The second-order valence-corrected chi connectivity index (χ2v) is 5.21. The Morgan fingerprint density at radius 3 is 2.59 bits per heavy atom. The number of carbonyl (C=O) groups excluding carboxylic acids is 1. The molecule has 1 atom stereocenters. The van der Waals surface area contributed by atoms with E-state index in [0.717, 1.165) is 45.8 Å². The lowest BCUT2D eigenvalue weighted by molar-refractivity contribution is -0.134. The van der Waals surface area contributed by atoms with Gasteiger partial charge >= 0.3 is 0 Å². The lowest BCUT2D eigenvalue weighted by Gasteiger charge is -2.37. The second-order valence-electron chi connectivity index (χ2n) is 5.21. The van der Waals surface area contributed by atoms with Crippen LogP contribution in [0.25, 0.3) is 0 Å². The van der Waals surface area contributed by atoms with E-state index in [0.29, 0.717) is 18.5 Å². The fourth-order valence-corrected chi connectivity index (χ4v) is 2.45. The van der Waals surface area contributed by atoms with Crippen molar-refractivity contribution < 1.29 is 4.79 Å². The van der Waals surface area contributed by atoms with Gasteiger partial charge < -0.3 is 15.1 Å². The summed E-state index contributed by atoms with van der Waals surface area (Å²) in [5, 5.41) is 3.35. The zero-order valence-electron chi connectivity index (χ0n) is 11.0. The van der Waals surface area contributed by atoms with Crippen LogP contribution in [0.4, 0.5) is 0 Å². The van der Waals surface area contributed by atoms with E-state index in [9.17, 15) is 4.79 Å². The number of hydrogen-bond donors (Lipinski definition) is 1. The summed E-state index contributed by atoms with van der Waals surface area (Å²) < 4.78 is 0. The molecule has 0 saturated carbocycles. The van der Waals surface area contributed by atoms with Gasteiger partial charge in [-0.15, -0.1) is 0 Å². The molecule has 0 bridgehead atoms. The highest BCUT2D eigenvalue weighted by Gasteiger charge is 2.24. The van der Waals surface area contributed by atoms with Crippen LogP contribution in [0.15, 0.2) is 0 Å². The Hall–Kier alpha value is -0.650. The summed E-state index contributed by atoms with van der Waals surface area (Å²) in [5.74, 6) is 0.298. The zero-order chi connectivity index (χ0) is 12.3. The fraction of sp³-hybridized carbons (Fsp3) is 0.917. The third-order valence-electron chi connectivity index (χ3n) is 3.83. The number of nitrogens with zero attached hydrogens (tertiary/aromatic N) is 3. The van der Waals surface area contributed by atoms with Crippen LogP contribution in [0.3, 0.4) is 0 Å². The van der Waals surface area contributed by atoms with Gasteiger partial charge in [0.2, 0.25) is 5.91 Å². The Balaban J connectivity index is 1.79. The summed E-state index contributed by atoms with van der Waals surface area (Å²) in [6.07, 6.45) is 0. The minimum atomic E-state index is 0.298. The molecule has 17 heavy (non-hydrogen) atoms. The van der Waals surface area contributed by atoms with Gasteiger partial charge in [-0.3, -0.25) is 9.69 Å². The van der Waals surface area contributed by atoms with Crippen molar-refractivity contribution in [3.05, 3.63) is 0 Å². The van der Waals surface area contributed by atoms with Crippen molar-refractivity contribution in [1.29, 1.82) is 0 Å². The fourth-order valence-electron chi connectivity index (χ4n) is 2.45. The summed E-state index contributed by atoms with van der Waals surface area (Å²) >= 11 is 0. The van der Waals surface area contributed by atoms with Gasteiger partial charge in [-0.05, 0) is 14.0 Å². The van der Waals surface area contributed by atoms with Crippen LogP contribution in [-0.2, 0) is 4.79 Å². The molecule has 0 aromatic heterocycles. The molecule has 0 spiro atoms. The summed E-state index contributed by atoms with van der Waals surface area (Å²) in [7, 11) is 2.11. The minimum absolute atomic E-state index is 0.298. The molecular weight excluding hydrogens is 216 g/mol. The van der Waals surface area contributed by atoms with Gasteiger partial charge in [-0.2, -0.15) is 0 Å². The molecule has 5 nitrogen and oxygen atoms in total. The van der Waals surface area contributed by atoms with Crippen molar-refractivity contribution in [2.75, 3.05) is 59.4 Å². The standard InChI is InChI=1S/C12H24N4O/c1-11-9-13-3-4-16(11)10-12(17)15-7-5-14(2)6-8-15/h11,13H,3-10H2,1-2H3/t11-/m1/s1. The number of carbonyl (C=O) groups is 1. The third-order valence-corrected chi connectivity index (χ3v) is 3.83. The van der Waals surface area contributed by atoms with E-state index in [4.69, 9.17) is 0 Å². The Kier molecular flexibility index (Phi) is 4.36. The maximum absolute atomic E-state index is 12.2. The topological polar surface area (TPSA) is 38.8 Å². The molecule has 2 rings (SSSR count). The number of nitrogens with one attached hydrogen (secondary N) is 1. The van der Waals surface area contributed by atoms with Crippen LogP contribution in [-0.4, -0.2) is 86.1 Å². The first-order valence-corrected chi connectivity index (χ1v) is 6.58. The zero-order valence-corrected chi connectivity index (χ0v) is 11.0. The van der Waals surface area contributed by atoms with Gasteiger partial charge in [0, 0.05) is 51.9 Å². The molecule has 98 valence electrons. The van der Waals surface area contributed by atoms with Gasteiger partial charge in [0.1, 0.15) is 0 Å². The minimum Gasteiger partial charge on any atom is -0.339 e. The van der Waals surface area contributed by atoms with Crippen LogP contribution in [0, 0.1) is 0 Å². The number of piperazine rings is 2. The van der Waals surface area contributed by atoms with Crippen LogP contribution in [0.5, 0.6) is 0 Å². The van der Waals surface area contributed by atoms with Crippen molar-refractivity contribution >= 4 is 5.91 Å². The highest BCUT2D eigenvalue weighted by atomic mass is 16.2. The van der Waals surface area contributed by atoms with Crippen LogP contribution in [0.1, 0.15) is 6.92 Å². The van der Waals surface area contributed by atoms with E-state index in [1.54, 1.807) is 0 Å². The molecule has 0 aromatic rings. The molecule has 2 aliphatic heterocycles. The van der Waals surface area contributed by atoms with Gasteiger partial charge in [-0.1, -0.05) is 0 Å². The first-order chi connectivity index (χ1) is 8.16. The van der Waals surface area contributed by atoms with E-state index in [-0.39, 0.29) is 0 Å². The third kappa shape index (κ3) is 3.40. The van der Waals surface area contributed by atoms with E-state index in [2.05, 4.69) is 29.1 Å². The van der Waals surface area contributed by atoms with Crippen LogP contribution in [0.2, 0.25) is 0 Å². The molecule has 1 N–H and O–H groups in total. The van der Waals surface area contributed by atoms with Gasteiger partial charge in [-0.25, -0.2) is 0 Å². The molecular formula is C12H24N4O. The summed E-state index contributed by atoms with van der Waals surface area (Å²) in [4.78, 5) is 18.7. The normalized spacial score (nSPS) is 28.4. The number of hydrogen-bond acceptors (Lipinski definition) is 4. The van der Waals surface area contributed by atoms with Gasteiger partial charge in [0.25, 0.3) is 0 Å². The van der Waals surface area contributed by atoms with Crippen molar-refractivity contribution in [3.63, 3.8) is 0 Å². The largest absolute Gasteiger partial charge is 0.339 e. The maximum atomic E-state index is 12.2. The summed E-state index contributed by atoms with van der Waals surface area (Å²) in [5.41, 5.74) is 0. The average Bonchev–Trinajstić information content (AvgIpc) is 2.33. The predicted molar refractivity (Wildman–Crippen MR) is 68.0 cm³/mol. The van der Waals surface area contributed by atoms with Gasteiger partial charge in [0.05, 0.1) is 6.54 Å². The number of amides is 1. The first-order valence-electron chi connectivity index (χ1n) is 6.58. The average molecular weight is 240 g/mol. The quantitative estimate of drug-likeness (QED) is 0.676. The first kappa shape index (κ1) is 12.8. The summed E-state index contributed by atoms with van der Waals surface area (Å²) in [6.45, 7) is 9.53. The molecule has 2 heterocycles. The highest BCUT2D eigenvalue weighted by molar-refractivity contribution is 5.78.